The van der Waals surface area contributed by atoms with E-state index in [2.05, 4.69) is 24.3 Å². The molecule has 0 saturated heterocycles. The van der Waals surface area contributed by atoms with Gasteiger partial charge in [-0.1, -0.05) is 24.3 Å². The molecule has 1 aliphatic rings. The molecule has 0 aromatic heterocycles. The summed E-state index contributed by atoms with van der Waals surface area (Å²) >= 11 is 0. The first-order chi connectivity index (χ1) is 14.5. The predicted molar refractivity (Wildman–Crippen MR) is 122 cm³/mol. The van der Waals surface area contributed by atoms with E-state index >= 15 is 0 Å². The number of phenols is 2. The molecule has 1 unspecified atom stereocenters. The Bertz CT molecular complexity index is 1270. The number of fused-ring (bicyclic) bond motifs is 4. The maximum absolute atomic E-state index is 10.2. The van der Waals surface area contributed by atoms with E-state index in [0.29, 0.717) is 18.3 Å². The highest BCUT2D eigenvalue weighted by molar-refractivity contribution is 5.92. The minimum Gasteiger partial charge on any atom is -0.508 e. The zero-order valence-corrected chi connectivity index (χ0v) is 17.4. The van der Waals surface area contributed by atoms with Crippen LogP contribution in [0, 0.1) is 19.8 Å². The van der Waals surface area contributed by atoms with Gasteiger partial charge in [-0.05, 0) is 108 Å². The lowest BCUT2D eigenvalue weighted by Crippen LogP contribution is -2.21. The first kappa shape index (κ1) is 18.8. The van der Waals surface area contributed by atoms with Gasteiger partial charge in [-0.2, -0.15) is 0 Å². The molecule has 4 aromatic carbocycles. The van der Waals surface area contributed by atoms with Crippen molar-refractivity contribution >= 4 is 21.5 Å². The van der Waals surface area contributed by atoms with E-state index in [1.807, 2.05) is 38.1 Å². The number of aryl methyl sites for hydroxylation is 3. The van der Waals surface area contributed by atoms with Gasteiger partial charge in [0.1, 0.15) is 17.2 Å². The van der Waals surface area contributed by atoms with Crippen LogP contribution in [0.5, 0.6) is 17.2 Å². The van der Waals surface area contributed by atoms with Crippen LogP contribution in [0.4, 0.5) is 0 Å². The third-order valence-electron chi connectivity index (χ3n) is 6.50. The Hall–Kier alpha value is -3.20. The molecule has 1 atom stereocenters. The van der Waals surface area contributed by atoms with Gasteiger partial charge in [0, 0.05) is 5.39 Å². The van der Waals surface area contributed by atoms with Crippen molar-refractivity contribution < 1.29 is 14.9 Å². The van der Waals surface area contributed by atoms with E-state index < -0.39 is 0 Å². The zero-order chi connectivity index (χ0) is 20.8. The van der Waals surface area contributed by atoms with Crippen molar-refractivity contribution in [2.45, 2.75) is 33.1 Å². The van der Waals surface area contributed by atoms with E-state index in [0.717, 1.165) is 52.3 Å². The molecule has 152 valence electrons. The van der Waals surface area contributed by atoms with Crippen LogP contribution in [0.3, 0.4) is 0 Å². The Morgan fingerprint density at radius 1 is 0.867 bits per heavy atom. The molecule has 3 nitrogen and oxygen atoms in total. The summed E-state index contributed by atoms with van der Waals surface area (Å²) in [5.41, 5.74) is 4.74. The molecule has 0 bridgehead atoms. The molecule has 0 aliphatic heterocycles. The largest absolute Gasteiger partial charge is 0.508 e. The average Bonchev–Trinajstić information content (AvgIpc) is 2.74. The molecular formula is C27H26O3. The molecule has 30 heavy (non-hydrogen) atoms. The normalized spacial score (nSPS) is 16.0. The maximum Gasteiger partial charge on any atom is 0.123 e. The van der Waals surface area contributed by atoms with Crippen LogP contribution in [0.25, 0.3) is 21.5 Å². The molecule has 0 spiro atoms. The summed E-state index contributed by atoms with van der Waals surface area (Å²) in [5.74, 6) is 1.88. The van der Waals surface area contributed by atoms with Crippen molar-refractivity contribution in [3.05, 3.63) is 76.9 Å². The zero-order valence-electron chi connectivity index (χ0n) is 17.4. The number of hydrogen-bond donors (Lipinski definition) is 2. The monoisotopic (exact) mass is 398 g/mol. The lowest BCUT2D eigenvalue weighted by Gasteiger charge is -2.26. The Kier molecular flexibility index (Phi) is 4.54. The van der Waals surface area contributed by atoms with Gasteiger partial charge >= 0.3 is 0 Å². The van der Waals surface area contributed by atoms with Crippen molar-refractivity contribution in [2.24, 2.45) is 5.92 Å². The van der Waals surface area contributed by atoms with E-state index in [4.69, 9.17) is 4.74 Å². The van der Waals surface area contributed by atoms with Crippen molar-refractivity contribution in [1.82, 2.24) is 0 Å². The molecule has 1 aliphatic carbocycles. The fourth-order valence-corrected chi connectivity index (χ4v) is 4.77. The number of benzene rings is 4. The van der Waals surface area contributed by atoms with E-state index in [9.17, 15) is 10.2 Å². The average molecular weight is 399 g/mol. The van der Waals surface area contributed by atoms with Gasteiger partial charge in [0.25, 0.3) is 0 Å². The van der Waals surface area contributed by atoms with Crippen LogP contribution in [0.1, 0.15) is 28.7 Å². The molecule has 2 N–H and O–H groups in total. The Balaban J connectivity index is 1.40. The van der Waals surface area contributed by atoms with Crippen molar-refractivity contribution in [3.8, 4) is 17.2 Å². The van der Waals surface area contributed by atoms with Gasteiger partial charge in [0.05, 0.1) is 6.61 Å². The van der Waals surface area contributed by atoms with Gasteiger partial charge in [0.2, 0.25) is 0 Å². The van der Waals surface area contributed by atoms with Crippen LogP contribution in [0.15, 0.2) is 54.6 Å². The van der Waals surface area contributed by atoms with Gasteiger partial charge in [-0.25, -0.2) is 0 Å². The molecule has 0 heterocycles. The first-order valence-corrected chi connectivity index (χ1v) is 10.6. The summed E-state index contributed by atoms with van der Waals surface area (Å²) in [6, 6.07) is 18.0. The topological polar surface area (TPSA) is 49.7 Å². The van der Waals surface area contributed by atoms with Crippen LogP contribution in [0.2, 0.25) is 0 Å². The minimum atomic E-state index is 0.286. The second-order valence-corrected chi connectivity index (χ2v) is 8.60. The van der Waals surface area contributed by atoms with E-state index in [1.165, 1.54) is 16.5 Å². The Labute approximate surface area is 176 Å². The summed E-state index contributed by atoms with van der Waals surface area (Å²) in [6.45, 7) is 4.63. The van der Waals surface area contributed by atoms with Crippen LogP contribution in [-0.2, 0) is 12.8 Å². The number of hydrogen-bond acceptors (Lipinski definition) is 3. The number of aromatic hydroxyl groups is 2. The van der Waals surface area contributed by atoms with Gasteiger partial charge in [0.15, 0.2) is 0 Å². The summed E-state index contributed by atoms with van der Waals surface area (Å²) < 4.78 is 6.20. The van der Waals surface area contributed by atoms with Gasteiger partial charge in [-0.3, -0.25) is 0 Å². The number of ether oxygens (including phenoxy) is 1. The van der Waals surface area contributed by atoms with Crippen molar-refractivity contribution in [2.75, 3.05) is 6.61 Å². The summed E-state index contributed by atoms with van der Waals surface area (Å²) in [5, 5.41) is 24.7. The van der Waals surface area contributed by atoms with Crippen molar-refractivity contribution in [3.63, 3.8) is 0 Å². The van der Waals surface area contributed by atoms with E-state index in [1.54, 1.807) is 6.07 Å². The van der Waals surface area contributed by atoms with Gasteiger partial charge in [-0.15, -0.1) is 0 Å². The molecule has 3 heteroatoms. The molecule has 5 rings (SSSR count). The summed E-state index contributed by atoms with van der Waals surface area (Å²) in [6.07, 6.45) is 3.08. The third-order valence-corrected chi connectivity index (χ3v) is 6.50. The highest BCUT2D eigenvalue weighted by atomic mass is 16.5. The maximum atomic E-state index is 10.2. The summed E-state index contributed by atoms with van der Waals surface area (Å²) in [7, 11) is 0. The minimum absolute atomic E-state index is 0.286. The lowest BCUT2D eigenvalue weighted by atomic mass is 9.81. The van der Waals surface area contributed by atoms with Crippen LogP contribution >= 0.6 is 0 Å². The standard InChI is InChI=1S/C27H26O3/c1-16-11-21(13-25-22(16)4-3-5-26(25)28)30-15-18-6-7-19-8-9-20-10-17(2)27(29)14-24(20)23(19)12-18/h3-5,8-11,13-14,18,28-29H,6-7,12,15H2,1-2H3. The number of rotatable bonds is 3. The fraction of sp³-hybridized carbons (Fsp3) is 0.259. The Morgan fingerprint density at radius 3 is 2.60 bits per heavy atom. The molecule has 4 aromatic rings. The molecular weight excluding hydrogens is 372 g/mol. The summed E-state index contributed by atoms with van der Waals surface area (Å²) in [4.78, 5) is 0. The predicted octanol–water partition coefficient (Wildman–Crippen LogP) is 6.20. The molecule has 0 fully saturated rings. The molecule has 0 radical (unpaired) electrons. The first-order valence-electron chi connectivity index (χ1n) is 10.6. The smallest absolute Gasteiger partial charge is 0.123 e. The second kappa shape index (κ2) is 7.24. The molecule has 0 saturated carbocycles. The quantitative estimate of drug-likeness (QED) is 0.432. The number of phenolic OH excluding ortho intramolecular Hbond substituents is 2. The second-order valence-electron chi connectivity index (χ2n) is 8.60. The van der Waals surface area contributed by atoms with Gasteiger partial charge < -0.3 is 14.9 Å². The third kappa shape index (κ3) is 3.24. The highest BCUT2D eigenvalue weighted by Gasteiger charge is 2.22. The SMILES string of the molecule is Cc1cc2ccc3c(c2cc1O)CC(COc1cc(C)c2cccc(O)c2c1)CC3. The fourth-order valence-electron chi connectivity index (χ4n) is 4.77. The van der Waals surface area contributed by atoms with Crippen LogP contribution < -0.4 is 4.74 Å². The lowest BCUT2D eigenvalue weighted by molar-refractivity contribution is 0.235. The van der Waals surface area contributed by atoms with Crippen LogP contribution in [-0.4, -0.2) is 16.8 Å². The molecule has 0 amide bonds. The highest BCUT2D eigenvalue weighted by Crippen LogP contribution is 2.36. The van der Waals surface area contributed by atoms with Crippen molar-refractivity contribution in [1.29, 1.82) is 0 Å². The van der Waals surface area contributed by atoms with E-state index in [-0.39, 0.29) is 5.75 Å². The Morgan fingerprint density at radius 2 is 1.73 bits per heavy atom.